The Bertz CT molecular complexity index is 702. The van der Waals surface area contributed by atoms with Gasteiger partial charge in [-0.15, -0.1) is 0 Å². The summed E-state index contributed by atoms with van der Waals surface area (Å²) < 4.78 is 10.8. The molecule has 1 aromatic rings. The highest BCUT2D eigenvalue weighted by Crippen LogP contribution is 2.33. The topological polar surface area (TPSA) is 111 Å². The third-order valence-electron chi connectivity index (χ3n) is 4.43. The average molecular weight is 363 g/mol. The van der Waals surface area contributed by atoms with Gasteiger partial charge in [0, 0.05) is 43.9 Å². The lowest BCUT2D eigenvalue weighted by molar-refractivity contribution is -0.385. The predicted octanol–water partition coefficient (Wildman–Crippen LogP) is 1.40. The molecule has 3 rings (SSSR count). The van der Waals surface area contributed by atoms with Crippen molar-refractivity contribution in [1.82, 2.24) is 5.32 Å². The second kappa shape index (κ2) is 8.13. The van der Waals surface area contributed by atoms with Gasteiger partial charge in [0.2, 0.25) is 5.91 Å². The van der Waals surface area contributed by atoms with E-state index in [0.29, 0.717) is 31.8 Å². The van der Waals surface area contributed by atoms with Crippen LogP contribution < -0.4 is 15.0 Å². The molecule has 0 aliphatic carbocycles. The Morgan fingerprint density at radius 1 is 1.42 bits per heavy atom. The van der Waals surface area contributed by atoms with Gasteiger partial charge in [-0.25, -0.2) is 0 Å². The molecule has 1 atom stereocenters. The summed E-state index contributed by atoms with van der Waals surface area (Å²) in [6.07, 6.45) is 3.10. The molecule has 1 N–H and O–H groups in total. The molecule has 0 aromatic heterocycles. The van der Waals surface area contributed by atoms with E-state index in [0.717, 1.165) is 19.3 Å². The van der Waals surface area contributed by atoms with Crippen molar-refractivity contribution in [2.75, 3.05) is 31.2 Å². The fourth-order valence-corrected chi connectivity index (χ4v) is 3.09. The number of rotatable bonds is 7. The van der Waals surface area contributed by atoms with Crippen LogP contribution in [0.5, 0.6) is 5.75 Å². The summed E-state index contributed by atoms with van der Waals surface area (Å²) in [5.41, 5.74) is 0.292. The van der Waals surface area contributed by atoms with Gasteiger partial charge in [0.25, 0.3) is 5.91 Å². The Kier molecular flexibility index (Phi) is 5.67. The summed E-state index contributed by atoms with van der Waals surface area (Å²) >= 11 is 0. The minimum absolute atomic E-state index is 0.0118. The molecule has 1 aromatic carbocycles. The van der Waals surface area contributed by atoms with Gasteiger partial charge in [0.15, 0.2) is 12.4 Å². The van der Waals surface area contributed by atoms with Crippen LogP contribution in [0, 0.1) is 10.1 Å². The van der Waals surface area contributed by atoms with Gasteiger partial charge in [-0.3, -0.25) is 19.7 Å². The van der Waals surface area contributed by atoms with Gasteiger partial charge >= 0.3 is 5.69 Å². The van der Waals surface area contributed by atoms with Crippen LogP contribution >= 0.6 is 0 Å². The van der Waals surface area contributed by atoms with Gasteiger partial charge in [-0.2, -0.15) is 0 Å². The minimum atomic E-state index is -0.574. The molecule has 9 nitrogen and oxygen atoms in total. The van der Waals surface area contributed by atoms with Crippen LogP contribution in [0.4, 0.5) is 11.4 Å². The number of carbonyl (C=O) groups excluding carboxylic acids is 2. The summed E-state index contributed by atoms with van der Waals surface area (Å²) in [5, 5.41) is 13.9. The highest BCUT2D eigenvalue weighted by molar-refractivity contribution is 5.95. The van der Waals surface area contributed by atoms with Gasteiger partial charge in [0.05, 0.1) is 11.0 Å². The third kappa shape index (κ3) is 4.29. The van der Waals surface area contributed by atoms with E-state index >= 15 is 0 Å². The van der Waals surface area contributed by atoms with Crippen molar-refractivity contribution in [1.29, 1.82) is 0 Å². The molecule has 26 heavy (non-hydrogen) atoms. The molecule has 0 radical (unpaired) electrons. The largest absolute Gasteiger partial charge is 0.477 e. The number of hydrogen-bond donors (Lipinski definition) is 1. The molecule has 2 aliphatic heterocycles. The fourth-order valence-electron chi connectivity index (χ4n) is 3.09. The smallest absolute Gasteiger partial charge is 0.311 e. The van der Waals surface area contributed by atoms with E-state index < -0.39 is 4.92 Å². The standard InChI is InChI=1S/C17H21N3O6/c21-16(18-10-13-3-2-8-25-13)11-26-15-9-12(5-6-14(15)20(23)24)19-7-1-4-17(19)22/h5-6,9,13H,1-4,7-8,10-11H2,(H,18,21)/t13-/m0/s1. The molecule has 9 heteroatoms. The highest BCUT2D eigenvalue weighted by atomic mass is 16.6. The molecule has 2 fully saturated rings. The van der Waals surface area contributed by atoms with Crippen molar-refractivity contribution in [3.8, 4) is 5.75 Å². The maximum atomic E-state index is 11.9. The van der Waals surface area contributed by atoms with Crippen molar-refractivity contribution in [2.45, 2.75) is 31.8 Å². The summed E-state index contributed by atoms with van der Waals surface area (Å²) in [7, 11) is 0. The van der Waals surface area contributed by atoms with Crippen molar-refractivity contribution >= 4 is 23.2 Å². The van der Waals surface area contributed by atoms with Crippen LogP contribution in [0.25, 0.3) is 0 Å². The first-order chi connectivity index (χ1) is 12.5. The SMILES string of the molecule is O=C(COc1cc(N2CCCC2=O)ccc1[N+](=O)[O-])NC[C@@H]1CCCO1. The first-order valence-electron chi connectivity index (χ1n) is 8.64. The lowest BCUT2D eigenvalue weighted by Crippen LogP contribution is -2.35. The Morgan fingerprint density at radius 3 is 2.92 bits per heavy atom. The number of nitrogens with one attached hydrogen (secondary N) is 1. The summed E-state index contributed by atoms with van der Waals surface area (Å²) in [4.78, 5) is 36.0. The van der Waals surface area contributed by atoms with Crippen molar-refractivity contribution in [3.05, 3.63) is 28.3 Å². The number of amides is 2. The van der Waals surface area contributed by atoms with Crippen molar-refractivity contribution in [3.63, 3.8) is 0 Å². The molecule has 0 spiro atoms. The van der Waals surface area contributed by atoms with Crippen LogP contribution in [-0.4, -0.2) is 49.1 Å². The van der Waals surface area contributed by atoms with Crippen LogP contribution in [0.2, 0.25) is 0 Å². The third-order valence-corrected chi connectivity index (χ3v) is 4.43. The van der Waals surface area contributed by atoms with Gasteiger partial charge < -0.3 is 19.7 Å². The Balaban J connectivity index is 1.63. The van der Waals surface area contributed by atoms with Crippen LogP contribution in [0.15, 0.2) is 18.2 Å². The number of nitrogens with zero attached hydrogens (tertiary/aromatic N) is 2. The van der Waals surface area contributed by atoms with Gasteiger partial charge in [0.1, 0.15) is 0 Å². The molecular formula is C17H21N3O6. The first kappa shape index (κ1) is 18.1. The van der Waals surface area contributed by atoms with Crippen molar-refractivity contribution in [2.24, 2.45) is 0 Å². The minimum Gasteiger partial charge on any atom is -0.477 e. The molecule has 2 aliphatic rings. The van der Waals surface area contributed by atoms with Crippen molar-refractivity contribution < 1.29 is 24.0 Å². The molecule has 0 bridgehead atoms. The normalized spacial score (nSPS) is 19.6. The van der Waals surface area contributed by atoms with E-state index in [1.807, 2.05) is 0 Å². The number of carbonyl (C=O) groups is 2. The van der Waals surface area contributed by atoms with E-state index in [1.54, 1.807) is 4.90 Å². The Hall–Kier alpha value is -2.68. The Morgan fingerprint density at radius 2 is 2.27 bits per heavy atom. The fraction of sp³-hybridized carbons (Fsp3) is 0.529. The molecule has 140 valence electrons. The molecular weight excluding hydrogens is 342 g/mol. The van der Waals surface area contributed by atoms with E-state index in [9.17, 15) is 19.7 Å². The quantitative estimate of drug-likeness (QED) is 0.579. The molecule has 2 saturated heterocycles. The van der Waals surface area contributed by atoms with E-state index in [2.05, 4.69) is 5.32 Å². The van der Waals surface area contributed by atoms with Crippen LogP contribution in [-0.2, 0) is 14.3 Å². The number of anilines is 1. The second-order valence-corrected chi connectivity index (χ2v) is 6.29. The number of nitro benzene ring substituents is 1. The van der Waals surface area contributed by atoms with E-state index in [-0.39, 0.29) is 36.0 Å². The van der Waals surface area contributed by atoms with Crippen LogP contribution in [0.1, 0.15) is 25.7 Å². The Labute approximate surface area is 150 Å². The average Bonchev–Trinajstić information content (AvgIpc) is 3.29. The van der Waals surface area contributed by atoms with Gasteiger partial charge in [-0.1, -0.05) is 0 Å². The second-order valence-electron chi connectivity index (χ2n) is 6.29. The number of benzene rings is 1. The molecule has 0 saturated carbocycles. The van der Waals surface area contributed by atoms with E-state index in [4.69, 9.17) is 9.47 Å². The first-order valence-corrected chi connectivity index (χ1v) is 8.64. The number of hydrogen-bond acceptors (Lipinski definition) is 6. The van der Waals surface area contributed by atoms with Crippen LogP contribution in [0.3, 0.4) is 0 Å². The maximum Gasteiger partial charge on any atom is 0.311 e. The number of ether oxygens (including phenoxy) is 2. The lowest BCUT2D eigenvalue weighted by Gasteiger charge is -2.17. The number of nitro groups is 1. The monoisotopic (exact) mass is 363 g/mol. The summed E-state index contributed by atoms with van der Waals surface area (Å²) in [6, 6.07) is 4.25. The lowest BCUT2D eigenvalue weighted by atomic mass is 10.2. The summed E-state index contributed by atoms with van der Waals surface area (Å²) in [5.74, 6) is -0.434. The zero-order valence-corrected chi connectivity index (χ0v) is 14.3. The summed E-state index contributed by atoms with van der Waals surface area (Å²) in [6.45, 7) is 1.32. The molecule has 2 heterocycles. The van der Waals surface area contributed by atoms with Gasteiger partial charge in [-0.05, 0) is 25.3 Å². The zero-order valence-electron chi connectivity index (χ0n) is 14.3. The molecule has 2 amide bonds. The molecule has 0 unspecified atom stereocenters. The predicted molar refractivity (Wildman–Crippen MR) is 92.2 cm³/mol. The zero-order chi connectivity index (χ0) is 18.5. The van der Waals surface area contributed by atoms with E-state index in [1.165, 1.54) is 18.2 Å². The highest BCUT2D eigenvalue weighted by Gasteiger charge is 2.25. The maximum absolute atomic E-state index is 11.9.